The number of nitrogens with zero attached hydrogens (tertiary/aromatic N) is 2. The summed E-state index contributed by atoms with van der Waals surface area (Å²) in [7, 11) is -1.98. The average Bonchev–Trinajstić information content (AvgIpc) is 3.17. The van der Waals surface area contributed by atoms with Gasteiger partial charge < -0.3 is 4.90 Å². The first-order valence-corrected chi connectivity index (χ1v) is 12.3. The van der Waals surface area contributed by atoms with Crippen molar-refractivity contribution in [1.29, 1.82) is 0 Å². The average molecular weight is 466 g/mol. The number of hydrogen-bond donors (Lipinski definition) is 1. The Morgan fingerprint density at radius 3 is 2.41 bits per heavy atom. The summed E-state index contributed by atoms with van der Waals surface area (Å²) in [6.07, 6.45) is 0. The summed E-state index contributed by atoms with van der Waals surface area (Å²) in [5, 5.41) is 0.861. The number of para-hydroxylation sites is 1. The zero-order chi connectivity index (χ0) is 22.9. The normalized spacial score (nSPS) is 11.5. The van der Waals surface area contributed by atoms with Crippen molar-refractivity contribution in [2.24, 2.45) is 0 Å². The lowest BCUT2D eigenvalue weighted by Gasteiger charge is -2.16. The van der Waals surface area contributed by atoms with Crippen molar-refractivity contribution in [2.75, 3.05) is 11.8 Å². The van der Waals surface area contributed by atoms with Crippen LogP contribution in [-0.4, -0.2) is 31.3 Å². The highest BCUT2D eigenvalue weighted by Crippen LogP contribution is 2.23. The van der Waals surface area contributed by atoms with Gasteiger partial charge in [0.2, 0.25) is 0 Å². The molecule has 0 spiro atoms. The van der Waals surface area contributed by atoms with Gasteiger partial charge in [0.05, 0.1) is 21.7 Å². The molecule has 32 heavy (non-hydrogen) atoms. The molecular formula is C24H23N3O3S2. The first-order valence-electron chi connectivity index (χ1n) is 10.0. The zero-order valence-electron chi connectivity index (χ0n) is 18.0. The molecule has 1 aromatic heterocycles. The van der Waals surface area contributed by atoms with Gasteiger partial charge in [-0.05, 0) is 73.5 Å². The predicted octanol–water partition coefficient (Wildman–Crippen LogP) is 4.99. The fraction of sp³-hybridized carbons (Fsp3) is 0.167. The van der Waals surface area contributed by atoms with Crippen LogP contribution in [0.15, 0.2) is 71.6 Å². The van der Waals surface area contributed by atoms with E-state index in [-0.39, 0.29) is 10.8 Å². The third-order valence-corrected chi connectivity index (χ3v) is 7.63. The minimum atomic E-state index is -3.71. The van der Waals surface area contributed by atoms with Crippen LogP contribution in [0, 0.1) is 13.8 Å². The van der Waals surface area contributed by atoms with E-state index in [0.717, 1.165) is 26.4 Å². The minimum absolute atomic E-state index is 0.159. The summed E-state index contributed by atoms with van der Waals surface area (Å²) in [6, 6.07) is 19.3. The van der Waals surface area contributed by atoms with Crippen molar-refractivity contribution >= 4 is 43.2 Å². The molecule has 164 valence electrons. The van der Waals surface area contributed by atoms with Gasteiger partial charge in [0.15, 0.2) is 0 Å². The Morgan fingerprint density at radius 2 is 1.72 bits per heavy atom. The van der Waals surface area contributed by atoms with E-state index in [1.165, 1.54) is 0 Å². The molecule has 0 aliphatic rings. The summed E-state index contributed by atoms with van der Waals surface area (Å²) in [6.45, 7) is 4.21. The number of carbonyl (C=O) groups is 1. The maximum Gasteiger partial charge on any atom is 0.261 e. The van der Waals surface area contributed by atoms with E-state index < -0.39 is 10.0 Å². The Labute approximate surface area is 191 Å². The number of fused-ring (bicyclic) bond motifs is 1. The monoisotopic (exact) mass is 465 g/mol. The van der Waals surface area contributed by atoms with Gasteiger partial charge in [0.1, 0.15) is 5.01 Å². The topological polar surface area (TPSA) is 79.4 Å². The molecule has 1 amide bonds. The highest BCUT2D eigenvalue weighted by molar-refractivity contribution is 7.92. The van der Waals surface area contributed by atoms with Crippen LogP contribution in [0.5, 0.6) is 0 Å². The van der Waals surface area contributed by atoms with Crippen LogP contribution in [0.2, 0.25) is 0 Å². The Morgan fingerprint density at radius 1 is 1.00 bits per heavy atom. The number of aromatic nitrogens is 1. The zero-order valence-corrected chi connectivity index (χ0v) is 19.6. The van der Waals surface area contributed by atoms with E-state index in [2.05, 4.69) is 9.71 Å². The van der Waals surface area contributed by atoms with Crippen molar-refractivity contribution in [3.8, 4) is 0 Å². The molecule has 1 heterocycles. The summed E-state index contributed by atoms with van der Waals surface area (Å²) >= 11 is 1.56. The highest BCUT2D eigenvalue weighted by atomic mass is 32.2. The van der Waals surface area contributed by atoms with Crippen LogP contribution < -0.4 is 4.72 Å². The van der Waals surface area contributed by atoms with Crippen molar-refractivity contribution in [3.05, 3.63) is 88.4 Å². The molecule has 3 aromatic carbocycles. The highest BCUT2D eigenvalue weighted by Gasteiger charge is 2.17. The summed E-state index contributed by atoms with van der Waals surface area (Å²) in [5.41, 5.74) is 3.73. The SMILES string of the molecule is Cc1ccc(S(=O)(=O)Nc2ccc(C(=O)N(C)Cc3nc4ccccc4s3)cc2)cc1C. The van der Waals surface area contributed by atoms with Gasteiger partial charge in [-0.15, -0.1) is 11.3 Å². The molecule has 1 N–H and O–H groups in total. The molecule has 0 saturated carbocycles. The van der Waals surface area contributed by atoms with Crippen molar-refractivity contribution < 1.29 is 13.2 Å². The molecule has 0 bridgehead atoms. The summed E-state index contributed by atoms with van der Waals surface area (Å²) < 4.78 is 29.0. The number of rotatable bonds is 6. The van der Waals surface area contributed by atoms with Crippen LogP contribution in [0.1, 0.15) is 26.5 Å². The first-order chi connectivity index (χ1) is 15.2. The quantitative estimate of drug-likeness (QED) is 0.435. The van der Waals surface area contributed by atoms with E-state index in [4.69, 9.17) is 0 Å². The Hall–Kier alpha value is -3.23. The number of sulfonamides is 1. The lowest BCUT2D eigenvalue weighted by molar-refractivity contribution is 0.0785. The van der Waals surface area contributed by atoms with E-state index in [1.807, 2.05) is 38.1 Å². The molecule has 0 atom stereocenters. The van der Waals surface area contributed by atoms with Gasteiger partial charge in [-0.1, -0.05) is 18.2 Å². The molecule has 8 heteroatoms. The van der Waals surface area contributed by atoms with Crippen LogP contribution in [0.3, 0.4) is 0 Å². The van der Waals surface area contributed by atoms with Crippen molar-refractivity contribution in [3.63, 3.8) is 0 Å². The van der Waals surface area contributed by atoms with E-state index >= 15 is 0 Å². The Bertz CT molecular complexity index is 1360. The van der Waals surface area contributed by atoms with Crippen LogP contribution >= 0.6 is 11.3 Å². The second kappa shape index (κ2) is 8.72. The molecule has 0 unspecified atom stereocenters. The minimum Gasteiger partial charge on any atom is -0.335 e. The molecule has 0 fully saturated rings. The third-order valence-electron chi connectivity index (χ3n) is 5.23. The number of thiazole rings is 1. The Balaban J connectivity index is 1.45. The molecule has 4 rings (SSSR count). The van der Waals surface area contributed by atoms with Crippen LogP contribution in [0.25, 0.3) is 10.2 Å². The fourth-order valence-electron chi connectivity index (χ4n) is 3.26. The molecule has 0 radical (unpaired) electrons. The van der Waals surface area contributed by atoms with Crippen LogP contribution in [0.4, 0.5) is 5.69 Å². The van der Waals surface area contributed by atoms with Crippen LogP contribution in [-0.2, 0) is 16.6 Å². The molecule has 0 saturated heterocycles. The number of benzene rings is 3. The molecule has 0 aliphatic heterocycles. The standard InChI is InChI=1S/C24H23N3O3S2/c1-16-8-13-20(14-17(16)2)32(29,30)26-19-11-9-18(10-12-19)24(28)27(3)15-23-25-21-6-4-5-7-22(21)31-23/h4-14,26H,15H2,1-3H3. The van der Waals surface area contributed by atoms with E-state index in [1.54, 1.807) is 65.7 Å². The van der Waals surface area contributed by atoms with Gasteiger partial charge in [-0.2, -0.15) is 0 Å². The summed E-state index contributed by atoms with van der Waals surface area (Å²) in [5.74, 6) is -0.159. The van der Waals surface area contributed by atoms with Gasteiger partial charge in [-0.3, -0.25) is 9.52 Å². The number of hydrogen-bond acceptors (Lipinski definition) is 5. The van der Waals surface area contributed by atoms with Crippen molar-refractivity contribution in [1.82, 2.24) is 9.88 Å². The van der Waals surface area contributed by atoms with E-state index in [9.17, 15) is 13.2 Å². The first kappa shape index (κ1) is 22.0. The maximum absolute atomic E-state index is 12.8. The molecule has 6 nitrogen and oxygen atoms in total. The van der Waals surface area contributed by atoms with E-state index in [0.29, 0.717) is 17.8 Å². The molecular weight excluding hydrogens is 442 g/mol. The molecule has 4 aromatic rings. The smallest absolute Gasteiger partial charge is 0.261 e. The van der Waals surface area contributed by atoms with Gasteiger partial charge in [0.25, 0.3) is 15.9 Å². The second-order valence-corrected chi connectivity index (χ2v) is 10.5. The van der Waals surface area contributed by atoms with Gasteiger partial charge in [-0.25, -0.2) is 13.4 Å². The number of carbonyl (C=O) groups excluding carboxylic acids is 1. The largest absolute Gasteiger partial charge is 0.335 e. The van der Waals surface area contributed by atoms with Gasteiger partial charge in [0, 0.05) is 18.3 Å². The maximum atomic E-state index is 12.8. The lowest BCUT2D eigenvalue weighted by Crippen LogP contribution is -2.26. The third kappa shape index (κ3) is 4.66. The fourth-order valence-corrected chi connectivity index (χ4v) is 5.42. The van der Waals surface area contributed by atoms with Crippen molar-refractivity contribution in [2.45, 2.75) is 25.3 Å². The van der Waals surface area contributed by atoms with Gasteiger partial charge >= 0.3 is 0 Å². The Kier molecular flexibility index (Phi) is 5.99. The second-order valence-electron chi connectivity index (χ2n) is 7.67. The predicted molar refractivity (Wildman–Crippen MR) is 129 cm³/mol. The lowest BCUT2D eigenvalue weighted by atomic mass is 10.1. The number of aryl methyl sites for hydroxylation is 2. The molecule has 0 aliphatic carbocycles. The number of anilines is 1. The summed E-state index contributed by atoms with van der Waals surface area (Å²) in [4.78, 5) is 19.2. The number of amides is 1. The number of nitrogens with one attached hydrogen (secondary N) is 1.